The van der Waals surface area contributed by atoms with Gasteiger partial charge in [0, 0.05) is 23.3 Å². The molecule has 4 rings (SSSR count). The molecular formula is C18H14N2S. The van der Waals surface area contributed by atoms with E-state index in [0.29, 0.717) is 0 Å². The lowest BCUT2D eigenvalue weighted by Crippen LogP contribution is -1.83. The Labute approximate surface area is 127 Å². The first-order valence-corrected chi connectivity index (χ1v) is 7.83. The van der Waals surface area contributed by atoms with Crippen LogP contribution >= 0.6 is 11.3 Å². The number of aromatic nitrogens is 2. The summed E-state index contributed by atoms with van der Waals surface area (Å²) in [4.78, 5) is 7.77. The molecule has 0 atom stereocenters. The van der Waals surface area contributed by atoms with E-state index in [9.17, 15) is 0 Å². The van der Waals surface area contributed by atoms with E-state index in [-0.39, 0.29) is 0 Å². The second kappa shape index (κ2) is 4.86. The number of nitrogens with zero attached hydrogens (tertiary/aromatic N) is 1. The predicted octanol–water partition coefficient (Wildman–Crippen LogP) is 5.27. The Morgan fingerprint density at radius 3 is 2.81 bits per heavy atom. The third-order valence-electron chi connectivity index (χ3n) is 3.73. The van der Waals surface area contributed by atoms with Gasteiger partial charge in [-0.3, -0.25) is 0 Å². The molecule has 0 unspecified atom stereocenters. The molecule has 21 heavy (non-hydrogen) atoms. The number of hydrogen-bond acceptors (Lipinski definition) is 2. The van der Waals surface area contributed by atoms with Crippen molar-refractivity contribution in [1.29, 1.82) is 0 Å². The zero-order chi connectivity index (χ0) is 14.2. The van der Waals surface area contributed by atoms with Gasteiger partial charge < -0.3 is 4.98 Å². The van der Waals surface area contributed by atoms with Crippen LogP contribution in [-0.4, -0.2) is 9.97 Å². The van der Waals surface area contributed by atoms with Crippen LogP contribution in [0.25, 0.3) is 33.3 Å². The van der Waals surface area contributed by atoms with Gasteiger partial charge in [0.2, 0.25) is 0 Å². The second-order valence-corrected chi connectivity index (χ2v) is 5.95. The summed E-state index contributed by atoms with van der Waals surface area (Å²) in [7, 11) is 0. The molecule has 0 radical (unpaired) electrons. The highest BCUT2D eigenvalue weighted by Crippen LogP contribution is 2.36. The van der Waals surface area contributed by atoms with Crippen molar-refractivity contribution in [1.82, 2.24) is 9.97 Å². The molecule has 0 bridgehead atoms. The summed E-state index contributed by atoms with van der Waals surface area (Å²) < 4.78 is 0. The highest BCUT2D eigenvalue weighted by molar-refractivity contribution is 7.08. The summed E-state index contributed by atoms with van der Waals surface area (Å²) in [5.41, 5.74) is 7.13. The van der Waals surface area contributed by atoms with Crippen molar-refractivity contribution in [3.8, 4) is 22.3 Å². The third-order valence-corrected chi connectivity index (χ3v) is 4.42. The van der Waals surface area contributed by atoms with Gasteiger partial charge in [0.05, 0.1) is 0 Å². The molecule has 0 aliphatic rings. The number of aromatic amines is 1. The Balaban J connectivity index is 2.03. The summed E-state index contributed by atoms with van der Waals surface area (Å²) in [5.74, 6) is 0. The number of nitrogens with one attached hydrogen (secondary N) is 1. The minimum atomic E-state index is 0.940. The van der Waals surface area contributed by atoms with Gasteiger partial charge in [-0.2, -0.15) is 11.3 Å². The van der Waals surface area contributed by atoms with E-state index in [4.69, 9.17) is 0 Å². The number of pyridine rings is 1. The van der Waals surface area contributed by atoms with Crippen LogP contribution in [0.3, 0.4) is 0 Å². The standard InChI is InChI=1S/C18H14N2S/c1-12-3-2-4-13(9-12)16-10-20-18-17(16)15(5-7-19-18)14-6-8-21-11-14/h2-11H,1H3,(H,19,20). The van der Waals surface area contributed by atoms with Gasteiger partial charge in [-0.1, -0.05) is 29.8 Å². The van der Waals surface area contributed by atoms with Crippen LogP contribution in [0.15, 0.2) is 59.6 Å². The molecule has 3 aromatic heterocycles. The van der Waals surface area contributed by atoms with E-state index < -0.39 is 0 Å². The minimum absolute atomic E-state index is 0.940. The Bertz CT molecular complexity index is 904. The van der Waals surface area contributed by atoms with Crippen LogP contribution in [0.2, 0.25) is 0 Å². The molecule has 2 nitrogen and oxygen atoms in total. The van der Waals surface area contributed by atoms with Crippen LogP contribution in [0.4, 0.5) is 0 Å². The molecule has 0 saturated carbocycles. The largest absolute Gasteiger partial charge is 0.345 e. The number of thiophene rings is 1. The fraction of sp³-hybridized carbons (Fsp3) is 0.0556. The van der Waals surface area contributed by atoms with Crippen LogP contribution in [0.1, 0.15) is 5.56 Å². The summed E-state index contributed by atoms with van der Waals surface area (Å²) in [6, 6.07) is 12.8. The monoisotopic (exact) mass is 290 g/mol. The van der Waals surface area contributed by atoms with Crippen molar-refractivity contribution < 1.29 is 0 Å². The molecule has 4 aromatic rings. The molecule has 0 saturated heterocycles. The maximum absolute atomic E-state index is 4.47. The van der Waals surface area contributed by atoms with Gasteiger partial charge in [-0.05, 0) is 46.5 Å². The lowest BCUT2D eigenvalue weighted by Gasteiger charge is -2.05. The van der Waals surface area contributed by atoms with E-state index in [0.717, 1.165) is 5.65 Å². The molecule has 3 heteroatoms. The topological polar surface area (TPSA) is 28.7 Å². The first-order valence-electron chi connectivity index (χ1n) is 6.88. The Morgan fingerprint density at radius 2 is 2.00 bits per heavy atom. The van der Waals surface area contributed by atoms with Gasteiger partial charge in [-0.15, -0.1) is 0 Å². The van der Waals surface area contributed by atoms with Crippen molar-refractivity contribution in [3.63, 3.8) is 0 Å². The number of benzene rings is 1. The van der Waals surface area contributed by atoms with E-state index in [1.165, 1.54) is 33.2 Å². The second-order valence-electron chi connectivity index (χ2n) is 5.17. The fourth-order valence-corrected chi connectivity index (χ4v) is 3.41. The molecule has 1 N–H and O–H groups in total. The molecule has 0 aliphatic heterocycles. The quantitative estimate of drug-likeness (QED) is 0.535. The normalized spacial score (nSPS) is 11.1. The number of H-pyrrole nitrogens is 1. The third kappa shape index (κ3) is 2.06. The number of hydrogen-bond donors (Lipinski definition) is 1. The lowest BCUT2D eigenvalue weighted by molar-refractivity contribution is 1.33. The summed E-state index contributed by atoms with van der Waals surface area (Å²) in [5, 5.41) is 5.49. The zero-order valence-corrected chi connectivity index (χ0v) is 12.4. The molecule has 0 amide bonds. The predicted molar refractivity (Wildman–Crippen MR) is 89.6 cm³/mol. The molecule has 3 heterocycles. The van der Waals surface area contributed by atoms with E-state index in [1.54, 1.807) is 11.3 Å². The van der Waals surface area contributed by atoms with Crippen LogP contribution in [-0.2, 0) is 0 Å². The van der Waals surface area contributed by atoms with Gasteiger partial charge in [0.1, 0.15) is 5.65 Å². The average molecular weight is 290 g/mol. The number of fused-ring (bicyclic) bond motifs is 1. The number of aryl methyl sites for hydroxylation is 1. The zero-order valence-electron chi connectivity index (χ0n) is 11.6. The van der Waals surface area contributed by atoms with Crippen LogP contribution in [0, 0.1) is 6.92 Å². The smallest absolute Gasteiger partial charge is 0.138 e. The van der Waals surface area contributed by atoms with Crippen LogP contribution in [0.5, 0.6) is 0 Å². The highest BCUT2D eigenvalue weighted by atomic mass is 32.1. The van der Waals surface area contributed by atoms with Crippen molar-refractivity contribution >= 4 is 22.4 Å². The fourth-order valence-electron chi connectivity index (χ4n) is 2.76. The summed E-state index contributed by atoms with van der Waals surface area (Å²) in [6.45, 7) is 2.12. The molecule has 1 aromatic carbocycles. The maximum atomic E-state index is 4.47. The van der Waals surface area contributed by atoms with Gasteiger partial charge in [-0.25, -0.2) is 4.98 Å². The summed E-state index contributed by atoms with van der Waals surface area (Å²) >= 11 is 1.72. The van der Waals surface area contributed by atoms with E-state index >= 15 is 0 Å². The molecule has 0 spiro atoms. The maximum Gasteiger partial charge on any atom is 0.138 e. The van der Waals surface area contributed by atoms with Crippen LogP contribution < -0.4 is 0 Å². The molecule has 0 aliphatic carbocycles. The Hall–Kier alpha value is -2.39. The highest BCUT2D eigenvalue weighted by Gasteiger charge is 2.12. The average Bonchev–Trinajstić information content (AvgIpc) is 3.16. The van der Waals surface area contributed by atoms with E-state index in [1.807, 2.05) is 6.20 Å². The Morgan fingerprint density at radius 1 is 1.05 bits per heavy atom. The first-order chi connectivity index (χ1) is 10.3. The first kappa shape index (κ1) is 12.4. The summed E-state index contributed by atoms with van der Waals surface area (Å²) in [6.07, 6.45) is 3.92. The molecular weight excluding hydrogens is 276 g/mol. The molecule has 102 valence electrons. The Kier molecular flexibility index (Phi) is 2.86. The van der Waals surface area contributed by atoms with Gasteiger partial charge in [0.15, 0.2) is 0 Å². The van der Waals surface area contributed by atoms with Crippen molar-refractivity contribution in [3.05, 3.63) is 65.1 Å². The number of rotatable bonds is 2. The van der Waals surface area contributed by atoms with Gasteiger partial charge >= 0.3 is 0 Å². The minimum Gasteiger partial charge on any atom is -0.345 e. The molecule has 0 fully saturated rings. The SMILES string of the molecule is Cc1cccc(-c2c[nH]c3nccc(-c4ccsc4)c23)c1. The van der Waals surface area contributed by atoms with Crippen molar-refractivity contribution in [2.75, 3.05) is 0 Å². The van der Waals surface area contributed by atoms with E-state index in [2.05, 4.69) is 70.2 Å². The lowest BCUT2D eigenvalue weighted by atomic mass is 9.99. The van der Waals surface area contributed by atoms with Gasteiger partial charge in [0.25, 0.3) is 0 Å². The van der Waals surface area contributed by atoms with Crippen molar-refractivity contribution in [2.24, 2.45) is 0 Å². The van der Waals surface area contributed by atoms with Crippen molar-refractivity contribution in [2.45, 2.75) is 6.92 Å².